The van der Waals surface area contributed by atoms with Crippen molar-refractivity contribution in [3.63, 3.8) is 0 Å². The smallest absolute Gasteiger partial charge is 0.322 e. The van der Waals surface area contributed by atoms with Crippen LogP contribution in [0.3, 0.4) is 0 Å². The summed E-state index contributed by atoms with van der Waals surface area (Å²) >= 11 is 0. The van der Waals surface area contributed by atoms with Gasteiger partial charge in [-0.1, -0.05) is 12.1 Å². The summed E-state index contributed by atoms with van der Waals surface area (Å²) in [5.41, 5.74) is 1.23. The van der Waals surface area contributed by atoms with E-state index < -0.39 is 23.6 Å². The molecule has 0 atom stereocenters. The monoisotopic (exact) mass is 399 g/mol. The number of carbonyl (C=O) groups is 2. The number of carbonyl (C=O) groups excluding carboxylic acids is 2. The third kappa shape index (κ3) is 5.19. The van der Waals surface area contributed by atoms with Gasteiger partial charge in [-0.15, -0.1) is 0 Å². The van der Waals surface area contributed by atoms with Crippen LogP contribution in [0.2, 0.25) is 0 Å². The number of pyridine rings is 1. The molecule has 2 N–H and O–H groups in total. The van der Waals surface area contributed by atoms with Crippen molar-refractivity contribution in [2.75, 3.05) is 10.6 Å². The van der Waals surface area contributed by atoms with E-state index >= 15 is 0 Å². The first kappa shape index (κ1) is 20.1. The molecular weight excluding hydrogens is 383 g/mol. The number of hydrogen-bond donors (Lipinski definition) is 2. The number of anilines is 2. The Hall–Kier alpha value is -3.68. The number of hydrogen-bond acceptors (Lipinski definition) is 3. The predicted octanol–water partition coefficient (Wildman–Crippen LogP) is 4.91. The maximum absolute atomic E-state index is 12.6. The molecule has 0 aliphatic carbocycles. The van der Waals surface area contributed by atoms with Crippen LogP contribution < -0.4 is 10.6 Å². The molecule has 3 aromatic rings. The highest BCUT2D eigenvalue weighted by molar-refractivity contribution is 6.08. The average Bonchev–Trinajstić information content (AvgIpc) is 2.68. The van der Waals surface area contributed by atoms with E-state index in [1.54, 1.807) is 18.2 Å². The third-order valence-electron chi connectivity index (χ3n) is 4.01. The number of aryl methyl sites for hydroxylation is 1. The summed E-state index contributed by atoms with van der Waals surface area (Å²) in [5, 5.41) is 5.20. The Labute approximate surface area is 164 Å². The van der Waals surface area contributed by atoms with E-state index in [1.165, 1.54) is 18.5 Å². The average molecular weight is 399 g/mol. The van der Waals surface area contributed by atoms with E-state index in [-0.39, 0.29) is 16.8 Å². The van der Waals surface area contributed by atoms with Gasteiger partial charge in [0.25, 0.3) is 11.8 Å². The largest absolute Gasteiger partial charge is 0.416 e. The van der Waals surface area contributed by atoms with Crippen LogP contribution in [0.4, 0.5) is 24.5 Å². The van der Waals surface area contributed by atoms with Gasteiger partial charge in [-0.05, 0) is 55.0 Å². The number of amides is 2. The van der Waals surface area contributed by atoms with Crippen LogP contribution >= 0.6 is 0 Å². The number of nitrogens with zero attached hydrogens (tertiary/aromatic N) is 1. The number of rotatable bonds is 4. The van der Waals surface area contributed by atoms with Gasteiger partial charge < -0.3 is 10.6 Å². The predicted molar refractivity (Wildman–Crippen MR) is 103 cm³/mol. The second kappa shape index (κ2) is 8.14. The molecule has 1 aromatic heterocycles. The Morgan fingerprint density at radius 3 is 1.97 bits per heavy atom. The second-order valence-electron chi connectivity index (χ2n) is 6.32. The quantitative estimate of drug-likeness (QED) is 0.655. The van der Waals surface area contributed by atoms with E-state index in [4.69, 9.17) is 0 Å². The van der Waals surface area contributed by atoms with Gasteiger partial charge in [-0.3, -0.25) is 14.6 Å². The van der Waals surface area contributed by atoms with Crippen molar-refractivity contribution in [3.05, 3.63) is 89.2 Å². The first-order valence-corrected chi connectivity index (χ1v) is 8.54. The van der Waals surface area contributed by atoms with E-state index in [9.17, 15) is 22.8 Å². The van der Waals surface area contributed by atoms with Gasteiger partial charge in [-0.2, -0.15) is 13.2 Å². The van der Waals surface area contributed by atoms with Gasteiger partial charge in [0.15, 0.2) is 0 Å². The lowest BCUT2D eigenvalue weighted by Gasteiger charge is -2.10. The fourth-order valence-corrected chi connectivity index (χ4v) is 2.56. The first-order chi connectivity index (χ1) is 13.7. The fourth-order valence-electron chi connectivity index (χ4n) is 2.56. The molecule has 0 radical (unpaired) electrons. The first-order valence-electron chi connectivity index (χ1n) is 8.54. The zero-order chi connectivity index (χ0) is 21.0. The second-order valence-corrected chi connectivity index (χ2v) is 6.32. The molecule has 0 spiro atoms. The molecule has 0 bridgehead atoms. The molecule has 5 nitrogen and oxygen atoms in total. The van der Waals surface area contributed by atoms with Gasteiger partial charge in [-0.25, -0.2) is 0 Å². The van der Waals surface area contributed by atoms with Crippen LogP contribution in [0.5, 0.6) is 0 Å². The minimum absolute atomic E-state index is 0.0989. The Morgan fingerprint density at radius 2 is 1.41 bits per heavy atom. The SMILES string of the molecule is Cc1cccc(NC(=O)c2cncc(C(=O)Nc3ccc(C(F)(F)F)cc3)c2)c1. The van der Waals surface area contributed by atoms with Crippen LogP contribution in [0.25, 0.3) is 0 Å². The molecule has 148 valence electrons. The topological polar surface area (TPSA) is 71.1 Å². The van der Waals surface area contributed by atoms with Crippen molar-refractivity contribution in [2.45, 2.75) is 13.1 Å². The highest BCUT2D eigenvalue weighted by Gasteiger charge is 2.30. The molecule has 0 fully saturated rings. The maximum atomic E-state index is 12.6. The van der Waals surface area contributed by atoms with Crippen molar-refractivity contribution in [2.24, 2.45) is 0 Å². The molecular formula is C21H16F3N3O2. The fraction of sp³-hybridized carbons (Fsp3) is 0.0952. The summed E-state index contributed by atoms with van der Waals surface area (Å²) in [4.78, 5) is 28.7. The van der Waals surface area contributed by atoms with Crippen molar-refractivity contribution >= 4 is 23.2 Å². The van der Waals surface area contributed by atoms with Gasteiger partial charge in [0.05, 0.1) is 16.7 Å². The molecule has 2 amide bonds. The molecule has 1 heterocycles. The van der Waals surface area contributed by atoms with Crippen molar-refractivity contribution in [3.8, 4) is 0 Å². The van der Waals surface area contributed by atoms with Crippen molar-refractivity contribution in [1.29, 1.82) is 0 Å². The molecule has 0 saturated carbocycles. The Kier molecular flexibility index (Phi) is 5.63. The summed E-state index contributed by atoms with van der Waals surface area (Å²) in [6, 6.07) is 12.6. The highest BCUT2D eigenvalue weighted by Crippen LogP contribution is 2.29. The minimum Gasteiger partial charge on any atom is -0.322 e. The van der Waals surface area contributed by atoms with Crippen molar-refractivity contribution < 1.29 is 22.8 Å². The van der Waals surface area contributed by atoms with Crippen LogP contribution in [-0.2, 0) is 6.18 Å². The summed E-state index contributed by atoms with van der Waals surface area (Å²) < 4.78 is 37.8. The van der Waals surface area contributed by atoms with Gasteiger partial charge in [0.2, 0.25) is 0 Å². The van der Waals surface area contributed by atoms with E-state index in [2.05, 4.69) is 15.6 Å². The van der Waals surface area contributed by atoms with Crippen LogP contribution in [0.15, 0.2) is 67.0 Å². The zero-order valence-corrected chi connectivity index (χ0v) is 15.2. The Morgan fingerprint density at radius 1 is 0.828 bits per heavy atom. The summed E-state index contributed by atoms with van der Waals surface area (Å²) in [6.07, 6.45) is -1.87. The highest BCUT2D eigenvalue weighted by atomic mass is 19.4. The molecule has 8 heteroatoms. The number of benzene rings is 2. The lowest BCUT2D eigenvalue weighted by atomic mass is 10.1. The number of halogens is 3. The molecule has 0 saturated heterocycles. The molecule has 29 heavy (non-hydrogen) atoms. The summed E-state index contributed by atoms with van der Waals surface area (Å²) in [6.45, 7) is 1.89. The van der Waals surface area contributed by atoms with Crippen molar-refractivity contribution in [1.82, 2.24) is 4.98 Å². The molecule has 0 aliphatic heterocycles. The lowest BCUT2D eigenvalue weighted by molar-refractivity contribution is -0.137. The van der Waals surface area contributed by atoms with Gasteiger partial charge in [0.1, 0.15) is 0 Å². The molecule has 0 aliphatic rings. The van der Waals surface area contributed by atoms with E-state index in [1.807, 2.05) is 13.0 Å². The normalized spacial score (nSPS) is 11.0. The van der Waals surface area contributed by atoms with Gasteiger partial charge in [0, 0.05) is 23.8 Å². The molecule has 2 aromatic carbocycles. The lowest BCUT2D eigenvalue weighted by Crippen LogP contribution is -2.16. The van der Waals surface area contributed by atoms with Crippen LogP contribution in [0.1, 0.15) is 31.8 Å². The third-order valence-corrected chi connectivity index (χ3v) is 4.01. The summed E-state index contributed by atoms with van der Waals surface area (Å²) in [5.74, 6) is -1.03. The van der Waals surface area contributed by atoms with E-state index in [0.717, 1.165) is 29.8 Å². The summed E-state index contributed by atoms with van der Waals surface area (Å²) in [7, 11) is 0. The standard InChI is InChI=1S/C21H16F3N3O2/c1-13-3-2-4-18(9-13)27-20(29)15-10-14(11-25-12-15)19(28)26-17-7-5-16(6-8-17)21(22,23)24/h2-12H,1H3,(H,26,28)(H,27,29). The van der Waals surface area contributed by atoms with Crippen LogP contribution in [0, 0.1) is 6.92 Å². The molecule has 0 unspecified atom stereocenters. The molecule has 3 rings (SSSR count). The van der Waals surface area contributed by atoms with Gasteiger partial charge >= 0.3 is 6.18 Å². The number of aromatic nitrogens is 1. The van der Waals surface area contributed by atoms with E-state index in [0.29, 0.717) is 5.69 Å². The number of nitrogens with one attached hydrogen (secondary N) is 2. The Balaban J connectivity index is 1.71. The number of alkyl halides is 3. The van der Waals surface area contributed by atoms with Crippen LogP contribution in [-0.4, -0.2) is 16.8 Å². The maximum Gasteiger partial charge on any atom is 0.416 e. The minimum atomic E-state index is -4.45. The Bertz CT molecular complexity index is 1050. The zero-order valence-electron chi connectivity index (χ0n) is 15.2.